The fourth-order valence-electron chi connectivity index (χ4n) is 7.20. The maximum Gasteiger partial charge on any atom is 0.306 e. The topological polar surface area (TPSA) is 78.9 Å². The van der Waals surface area contributed by atoms with Gasteiger partial charge in [-0.05, 0) is 64.2 Å². The van der Waals surface area contributed by atoms with E-state index in [-0.39, 0.29) is 31.1 Å². The van der Waals surface area contributed by atoms with Crippen LogP contribution in [0.15, 0.2) is 60.8 Å². The number of allylic oxidation sites excluding steroid dienone is 10. The number of hydrogen-bond acceptors (Lipinski definition) is 6. The second-order valence-corrected chi connectivity index (χ2v) is 17.1. The summed E-state index contributed by atoms with van der Waals surface area (Å²) in [6, 6.07) is 0. The molecule has 0 saturated carbocycles. The van der Waals surface area contributed by atoms with Gasteiger partial charge in [0.2, 0.25) is 0 Å². The standard InChI is InChI=1S/C55H96O6/c1-4-7-10-13-16-19-22-25-27-30-33-36-39-42-45-48-54(57)60-51-52(50-59-53(56)47-44-41-38-35-32-29-24-21-18-15-12-9-6-3)61-55(58)49-46-43-40-37-34-31-28-26-23-20-17-14-11-8-5-2/h7,10,13,16-17,19-20,22-23,26,52H,4-6,8-9,11-12,14-15,18,21,24-25,27-51H2,1-3H3/b10-7-,16-13-,20-17-,22-19-,26-23-. The Balaban J connectivity index is 4.41. The Morgan fingerprint density at radius 3 is 1.03 bits per heavy atom. The number of carbonyl (C=O) groups excluding carboxylic acids is 3. The van der Waals surface area contributed by atoms with Crippen LogP contribution >= 0.6 is 0 Å². The van der Waals surface area contributed by atoms with Gasteiger partial charge in [0, 0.05) is 19.3 Å². The van der Waals surface area contributed by atoms with Crippen LogP contribution in [0.4, 0.5) is 0 Å². The monoisotopic (exact) mass is 853 g/mol. The lowest BCUT2D eigenvalue weighted by Gasteiger charge is -2.18. The molecule has 61 heavy (non-hydrogen) atoms. The average Bonchev–Trinajstić information content (AvgIpc) is 3.26. The second kappa shape index (κ2) is 49.8. The van der Waals surface area contributed by atoms with Gasteiger partial charge in [-0.1, -0.05) is 229 Å². The van der Waals surface area contributed by atoms with Crippen molar-refractivity contribution in [2.45, 2.75) is 258 Å². The molecule has 0 rings (SSSR count). The van der Waals surface area contributed by atoms with Crippen molar-refractivity contribution in [1.29, 1.82) is 0 Å². The normalized spacial score (nSPS) is 12.5. The molecule has 0 fully saturated rings. The number of unbranched alkanes of at least 4 members (excludes halogenated alkanes) is 28. The van der Waals surface area contributed by atoms with Crippen molar-refractivity contribution in [2.75, 3.05) is 13.2 Å². The zero-order valence-corrected chi connectivity index (χ0v) is 40.2. The minimum absolute atomic E-state index is 0.0812. The van der Waals surface area contributed by atoms with Gasteiger partial charge >= 0.3 is 17.9 Å². The van der Waals surface area contributed by atoms with Crippen LogP contribution in [0.2, 0.25) is 0 Å². The summed E-state index contributed by atoms with van der Waals surface area (Å²) in [7, 11) is 0. The van der Waals surface area contributed by atoms with E-state index in [0.29, 0.717) is 19.3 Å². The van der Waals surface area contributed by atoms with Gasteiger partial charge in [0.05, 0.1) is 0 Å². The Bertz CT molecular complexity index is 1120. The van der Waals surface area contributed by atoms with E-state index in [1.165, 1.54) is 128 Å². The molecule has 1 atom stereocenters. The Labute approximate surface area is 377 Å². The third-order valence-corrected chi connectivity index (χ3v) is 11.1. The highest BCUT2D eigenvalue weighted by molar-refractivity contribution is 5.71. The van der Waals surface area contributed by atoms with Crippen molar-refractivity contribution in [3.63, 3.8) is 0 Å². The van der Waals surface area contributed by atoms with E-state index in [0.717, 1.165) is 83.5 Å². The summed E-state index contributed by atoms with van der Waals surface area (Å²) in [5.74, 6) is -0.900. The molecular weight excluding hydrogens is 757 g/mol. The first-order valence-electron chi connectivity index (χ1n) is 25.8. The quantitative estimate of drug-likeness (QED) is 0.0263. The molecule has 0 spiro atoms. The van der Waals surface area contributed by atoms with Crippen molar-refractivity contribution < 1.29 is 28.6 Å². The molecule has 0 aromatic rings. The van der Waals surface area contributed by atoms with Crippen LogP contribution in [0.25, 0.3) is 0 Å². The molecule has 0 radical (unpaired) electrons. The molecule has 6 nitrogen and oxygen atoms in total. The van der Waals surface area contributed by atoms with Crippen LogP contribution < -0.4 is 0 Å². The van der Waals surface area contributed by atoms with Crippen molar-refractivity contribution in [3.05, 3.63) is 60.8 Å². The summed E-state index contributed by atoms with van der Waals surface area (Å²) in [5, 5.41) is 0. The minimum Gasteiger partial charge on any atom is -0.462 e. The van der Waals surface area contributed by atoms with E-state index in [2.05, 4.69) is 81.5 Å². The van der Waals surface area contributed by atoms with Gasteiger partial charge in [-0.3, -0.25) is 14.4 Å². The molecule has 0 aromatic carbocycles. The highest BCUT2D eigenvalue weighted by Gasteiger charge is 2.19. The summed E-state index contributed by atoms with van der Waals surface area (Å²) >= 11 is 0. The fourth-order valence-corrected chi connectivity index (χ4v) is 7.20. The molecular formula is C55H96O6. The van der Waals surface area contributed by atoms with Gasteiger partial charge in [-0.15, -0.1) is 0 Å². The Kier molecular flexibility index (Phi) is 47.4. The number of ether oxygens (including phenoxy) is 3. The Hall–Kier alpha value is -2.89. The third kappa shape index (κ3) is 48.0. The fraction of sp³-hybridized carbons (Fsp3) is 0.764. The van der Waals surface area contributed by atoms with Crippen LogP contribution in [-0.2, 0) is 28.6 Å². The highest BCUT2D eigenvalue weighted by Crippen LogP contribution is 2.15. The summed E-state index contributed by atoms with van der Waals surface area (Å²) in [6.45, 7) is 6.47. The average molecular weight is 853 g/mol. The molecule has 0 aromatic heterocycles. The molecule has 0 bridgehead atoms. The predicted octanol–water partition coefficient (Wildman–Crippen LogP) is 16.9. The Morgan fingerprint density at radius 2 is 0.639 bits per heavy atom. The molecule has 0 saturated heterocycles. The van der Waals surface area contributed by atoms with Crippen LogP contribution in [0.1, 0.15) is 252 Å². The van der Waals surface area contributed by atoms with Gasteiger partial charge < -0.3 is 14.2 Å². The molecule has 352 valence electrons. The zero-order valence-electron chi connectivity index (χ0n) is 40.2. The second-order valence-electron chi connectivity index (χ2n) is 17.1. The van der Waals surface area contributed by atoms with Crippen LogP contribution in [0.5, 0.6) is 0 Å². The maximum absolute atomic E-state index is 12.8. The maximum atomic E-state index is 12.8. The van der Waals surface area contributed by atoms with E-state index in [1.807, 2.05) is 0 Å². The van der Waals surface area contributed by atoms with Crippen LogP contribution in [-0.4, -0.2) is 37.2 Å². The van der Waals surface area contributed by atoms with Crippen LogP contribution in [0.3, 0.4) is 0 Å². The first-order valence-corrected chi connectivity index (χ1v) is 25.8. The first kappa shape index (κ1) is 58.1. The van der Waals surface area contributed by atoms with Crippen LogP contribution in [0, 0.1) is 0 Å². The van der Waals surface area contributed by atoms with Gasteiger partial charge in [0.15, 0.2) is 6.10 Å². The van der Waals surface area contributed by atoms with E-state index < -0.39 is 6.10 Å². The smallest absolute Gasteiger partial charge is 0.306 e. The number of carbonyl (C=O) groups is 3. The van der Waals surface area contributed by atoms with Crippen molar-refractivity contribution in [1.82, 2.24) is 0 Å². The lowest BCUT2D eigenvalue weighted by Crippen LogP contribution is -2.30. The summed E-state index contributed by atoms with van der Waals surface area (Å²) in [6.07, 6.45) is 60.5. The summed E-state index contributed by atoms with van der Waals surface area (Å²) < 4.78 is 16.8. The van der Waals surface area contributed by atoms with E-state index in [1.54, 1.807) is 0 Å². The molecule has 6 heteroatoms. The highest BCUT2D eigenvalue weighted by atomic mass is 16.6. The van der Waals surface area contributed by atoms with E-state index >= 15 is 0 Å². The predicted molar refractivity (Wildman–Crippen MR) is 261 cm³/mol. The van der Waals surface area contributed by atoms with Crippen molar-refractivity contribution in [2.24, 2.45) is 0 Å². The summed E-state index contributed by atoms with van der Waals surface area (Å²) in [5.41, 5.74) is 0. The number of hydrogen-bond donors (Lipinski definition) is 0. The molecule has 0 aliphatic carbocycles. The van der Waals surface area contributed by atoms with Crippen molar-refractivity contribution in [3.8, 4) is 0 Å². The molecule has 1 unspecified atom stereocenters. The summed E-state index contributed by atoms with van der Waals surface area (Å²) in [4.78, 5) is 38.0. The minimum atomic E-state index is -0.782. The lowest BCUT2D eigenvalue weighted by molar-refractivity contribution is -0.167. The molecule has 0 heterocycles. The van der Waals surface area contributed by atoms with E-state index in [9.17, 15) is 14.4 Å². The SMILES string of the molecule is CC\C=C/C=C\C=C/CCCCCCCCCC(=O)OCC(COC(=O)CCCCCCCCCCCCCCC)OC(=O)CCCCCCCC/C=C\C=C/CCCCC. The molecule has 0 N–H and O–H groups in total. The van der Waals surface area contributed by atoms with Gasteiger partial charge in [-0.2, -0.15) is 0 Å². The zero-order chi connectivity index (χ0) is 44.4. The van der Waals surface area contributed by atoms with Crippen molar-refractivity contribution >= 4 is 17.9 Å². The Morgan fingerprint density at radius 1 is 0.344 bits per heavy atom. The third-order valence-electron chi connectivity index (χ3n) is 11.1. The number of rotatable bonds is 46. The van der Waals surface area contributed by atoms with E-state index in [4.69, 9.17) is 14.2 Å². The number of esters is 3. The molecule has 0 aliphatic heterocycles. The first-order chi connectivity index (χ1) is 30.0. The molecule has 0 amide bonds. The van der Waals surface area contributed by atoms with Gasteiger partial charge in [-0.25, -0.2) is 0 Å². The van der Waals surface area contributed by atoms with Gasteiger partial charge in [0.25, 0.3) is 0 Å². The van der Waals surface area contributed by atoms with Gasteiger partial charge in [0.1, 0.15) is 13.2 Å². The largest absolute Gasteiger partial charge is 0.462 e. The lowest BCUT2D eigenvalue weighted by atomic mass is 10.0. The molecule has 0 aliphatic rings.